The molecule has 0 aromatic rings. The second kappa shape index (κ2) is 5.07. The van der Waals surface area contributed by atoms with Gasteiger partial charge in [0.15, 0.2) is 0 Å². The minimum atomic E-state index is -0.0683. The Kier molecular flexibility index (Phi) is 3.97. The molecule has 15 heavy (non-hydrogen) atoms. The Morgan fingerprint density at radius 3 is 2.27 bits per heavy atom. The quantitative estimate of drug-likeness (QED) is 0.745. The molecule has 0 spiro atoms. The van der Waals surface area contributed by atoms with Gasteiger partial charge in [0.25, 0.3) is 0 Å². The maximum Gasteiger partial charge on any atom is 0.0695 e. The lowest BCUT2D eigenvalue weighted by Crippen LogP contribution is -2.52. The summed E-state index contributed by atoms with van der Waals surface area (Å²) in [5.74, 6) is 0. The molecule has 0 amide bonds. The molecule has 2 fully saturated rings. The normalized spacial score (nSPS) is 44.2. The maximum atomic E-state index is 10.0. The van der Waals surface area contributed by atoms with Gasteiger partial charge in [0.1, 0.15) is 0 Å². The summed E-state index contributed by atoms with van der Waals surface area (Å²) in [5.41, 5.74) is 0. The summed E-state index contributed by atoms with van der Waals surface area (Å²) in [6.45, 7) is 6.94. The molecular weight excluding hydrogens is 206 g/mol. The molecule has 0 aromatic heterocycles. The molecule has 1 heterocycles. The van der Waals surface area contributed by atoms with Crippen molar-refractivity contribution >= 4 is 11.8 Å². The van der Waals surface area contributed by atoms with Crippen molar-refractivity contribution in [1.82, 2.24) is 4.90 Å². The van der Waals surface area contributed by atoms with Crippen molar-refractivity contribution in [3.8, 4) is 0 Å². The average molecular weight is 229 g/mol. The third kappa shape index (κ3) is 2.89. The van der Waals surface area contributed by atoms with E-state index in [-0.39, 0.29) is 6.10 Å². The third-order valence-electron chi connectivity index (χ3n) is 3.61. The number of thioether (sulfide) groups is 1. The fourth-order valence-electron chi connectivity index (χ4n) is 3.01. The summed E-state index contributed by atoms with van der Waals surface area (Å²) in [5, 5.41) is 11.5. The fourth-order valence-corrected chi connectivity index (χ4v) is 4.35. The van der Waals surface area contributed by atoms with Crippen LogP contribution < -0.4 is 0 Å². The molecular formula is C12H23NOS. The Hall–Kier alpha value is 0.270. The molecule has 2 rings (SSSR count). The minimum absolute atomic E-state index is 0.0683. The van der Waals surface area contributed by atoms with Gasteiger partial charge in [-0.15, -0.1) is 0 Å². The molecule has 0 bridgehead atoms. The highest BCUT2D eigenvalue weighted by Gasteiger charge is 2.33. The van der Waals surface area contributed by atoms with Gasteiger partial charge in [-0.1, -0.05) is 26.7 Å². The van der Waals surface area contributed by atoms with Crippen molar-refractivity contribution in [2.75, 3.05) is 13.1 Å². The van der Waals surface area contributed by atoms with Gasteiger partial charge in [-0.2, -0.15) is 11.8 Å². The van der Waals surface area contributed by atoms with Gasteiger partial charge in [-0.05, 0) is 12.8 Å². The van der Waals surface area contributed by atoms with Crippen LogP contribution in [0.1, 0.15) is 39.5 Å². The van der Waals surface area contributed by atoms with E-state index < -0.39 is 0 Å². The number of hydrogen-bond acceptors (Lipinski definition) is 3. The molecule has 2 nitrogen and oxygen atoms in total. The summed E-state index contributed by atoms with van der Waals surface area (Å²) in [7, 11) is 0. The van der Waals surface area contributed by atoms with Crippen LogP contribution in [0.25, 0.3) is 0 Å². The predicted molar refractivity (Wildman–Crippen MR) is 66.4 cm³/mol. The van der Waals surface area contributed by atoms with E-state index in [0.29, 0.717) is 6.04 Å². The summed E-state index contributed by atoms with van der Waals surface area (Å²) in [4.78, 5) is 2.54. The van der Waals surface area contributed by atoms with Crippen LogP contribution in [0.3, 0.4) is 0 Å². The largest absolute Gasteiger partial charge is 0.391 e. The van der Waals surface area contributed by atoms with Crippen LogP contribution in [0.5, 0.6) is 0 Å². The first-order valence-corrected chi connectivity index (χ1v) is 7.18. The minimum Gasteiger partial charge on any atom is -0.391 e. The smallest absolute Gasteiger partial charge is 0.0695 e. The topological polar surface area (TPSA) is 23.5 Å². The van der Waals surface area contributed by atoms with Crippen molar-refractivity contribution in [1.29, 1.82) is 0 Å². The molecule has 4 unspecified atom stereocenters. The van der Waals surface area contributed by atoms with E-state index in [9.17, 15) is 5.11 Å². The van der Waals surface area contributed by atoms with Crippen molar-refractivity contribution < 1.29 is 5.11 Å². The van der Waals surface area contributed by atoms with Gasteiger partial charge in [-0.25, -0.2) is 0 Å². The van der Waals surface area contributed by atoms with Gasteiger partial charge in [0.05, 0.1) is 6.10 Å². The summed E-state index contributed by atoms with van der Waals surface area (Å²) in [6.07, 6.45) is 4.66. The molecule has 4 atom stereocenters. The van der Waals surface area contributed by atoms with Gasteiger partial charge in [0.2, 0.25) is 0 Å². The number of aliphatic hydroxyl groups excluding tert-OH is 1. The highest BCUT2D eigenvalue weighted by atomic mass is 32.2. The van der Waals surface area contributed by atoms with E-state index in [1.54, 1.807) is 0 Å². The fraction of sp³-hybridized carbons (Fsp3) is 1.00. The molecule has 88 valence electrons. The van der Waals surface area contributed by atoms with Gasteiger partial charge in [0, 0.05) is 29.6 Å². The zero-order chi connectivity index (χ0) is 10.8. The first-order valence-electron chi connectivity index (χ1n) is 6.24. The first kappa shape index (κ1) is 11.7. The SMILES string of the molecule is CC1CN(C2CCCCC2O)CC(C)S1. The van der Waals surface area contributed by atoms with Gasteiger partial charge >= 0.3 is 0 Å². The van der Waals surface area contributed by atoms with E-state index in [1.807, 2.05) is 0 Å². The van der Waals surface area contributed by atoms with Crippen molar-refractivity contribution in [2.24, 2.45) is 0 Å². The van der Waals surface area contributed by atoms with Crippen LogP contribution in [0.4, 0.5) is 0 Å². The van der Waals surface area contributed by atoms with Crippen LogP contribution >= 0.6 is 11.8 Å². The molecule has 0 aromatic carbocycles. The Morgan fingerprint density at radius 2 is 1.67 bits per heavy atom. The van der Waals surface area contributed by atoms with E-state index in [0.717, 1.165) is 30.0 Å². The lowest BCUT2D eigenvalue weighted by Gasteiger charge is -2.43. The Morgan fingerprint density at radius 1 is 1.07 bits per heavy atom. The number of hydrogen-bond donors (Lipinski definition) is 1. The first-order chi connectivity index (χ1) is 7.16. The highest BCUT2D eigenvalue weighted by Crippen LogP contribution is 2.30. The van der Waals surface area contributed by atoms with Crippen LogP contribution in [-0.2, 0) is 0 Å². The van der Waals surface area contributed by atoms with E-state index in [2.05, 4.69) is 30.5 Å². The molecule has 1 saturated carbocycles. The Balaban J connectivity index is 1.95. The Bertz CT molecular complexity index is 202. The lowest BCUT2D eigenvalue weighted by molar-refractivity contribution is 0.0191. The van der Waals surface area contributed by atoms with Gasteiger partial charge in [-0.3, -0.25) is 4.90 Å². The molecule has 2 aliphatic rings. The molecule has 1 saturated heterocycles. The van der Waals surface area contributed by atoms with Crippen LogP contribution in [0.15, 0.2) is 0 Å². The second-order valence-corrected chi connectivity index (χ2v) is 7.01. The third-order valence-corrected chi connectivity index (χ3v) is 4.84. The number of nitrogens with zero attached hydrogens (tertiary/aromatic N) is 1. The molecule has 1 aliphatic heterocycles. The molecule has 1 aliphatic carbocycles. The number of aliphatic hydroxyl groups is 1. The molecule has 1 N–H and O–H groups in total. The van der Waals surface area contributed by atoms with Crippen molar-refractivity contribution in [2.45, 2.75) is 62.2 Å². The standard InChI is InChI=1S/C12H23NOS/c1-9-7-13(8-10(2)15-9)11-5-3-4-6-12(11)14/h9-12,14H,3-8H2,1-2H3. The second-order valence-electron chi connectivity index (χ2n) is 5.13. The van der Waals surface area contributed by atoms with E-state index in [1.165, 1.54) is 19.3 Å². The Labute approximate surface area is 97.4 Å². The van der Waals surface area contributed by atoms with E-state index >= 15 is 0 Å². The summed E-state index contributed by atoms with van der Waals surface area (Å²) >= 11 is 2.09. The molecule has 0 radical (unpaired) electrons. The zero-order valence-electron chi connectivity index (χ0n) is 9.85. The lowest BCUT2D eigenvalue weighted by atomic mass is 9.91. The van der Waals surface area contributed by atoms with Gasteiger partial charge < -0.3 is 5.11 Å². The van der Waals surface area contributed by atoms with E-state index in [4.69, 9.17) is 0 Å². The van der Waals surface area contributed by atoms with Crippen LogP contribution in [0, 0.1) is 0 Å². The van der Waals surface area contributed by atoms with Crippen LogP contribution in [0.2, 0.25) is 0 Å². The molecule has 3 heteroatoms. The maximum absolute atomic E-state index is 10.0. The average Bonchev–Trinajstić information content (AvgIpc) is 2.16. The van der Waals surface area contributed by atoms with Crippen molar-refractivity contribution in [3.63, 3.8) is 0 Å². The zero-order valence-corrected chi connectivity index (χ0v) is 10.7. The summed E-state index contributed by atoms with van der Waals surface area (Å²) < 4.78 is 0. The summed E-state index contributed by atoms with van der Waals surface area (Å²) in [6, 6.07) is 0.449. The van der Waals surface area contributed by atoms with Crippen LogP contribution in [-0.4, -0.2) is 45.7 Å². The van der Waals surface area contributed by atoms with Crippen molar-refractivity contribution in [3.05, 3.63) is 0 Å². The predicted octanol–water partition coefficient (Wildman–Crippen LogP) is 2.12. The monoisotopic (exact) mass is 229 g/mol. The number of rotatable bonds is 1. The highest BCUT2D eigenvalue weighted by molar-refractivity contribution is 8.00.